The van der Waals surface area contributed by atoms with E-state index in [0.717, 1.165) is 17.0 Å². The highest BCUT2D eigenvalue weighted by Gasteiger charge is 2.67. The van der Waals surface area contributed by atoms with E-state index < -0.39 is 0 Å². The van der Waals surface area contributed by atoms with E-state index in [1.807, 2.05) is 48.5 Å². The molecule has 2 aromatic rings. The van der Waals surface area contributed by atoms with Gasteiger partial charge >= 0.3 is 0 Å². The van der Waals surface area contributed by atoms with Crippen molar-refractivity contribution in [1.82, 2.24) is 5.01 Å². The van der Waals surface area contributed by atoms with Crippen LogP contribution in [0.4, 0.5) is 0 Å². The molecule has 3 fully saturated rings. The van der Waals surface area contributed by atoms with E-state index in [4.69, 9.17) is 16.3 Å². The lowest BCUT2D eigenvalue weighted by Crippen LogP contribution is -2.40. The second kappa shape index (κ2) is 7.06. The van der Waals surface area contributed by atoms with Crippen molar-refractivity contribution >= 4 is 29.6 Å². The topological polar surface area (TPSA) is 59.0 Å². The molecule has 0 N–H and O–H groups in total. The van der Waals surface area contributed by atoms with Gasteiger partial charge in [-0.3, -0.25) is 9.59 Å². The minimum atomic E-state index is -0.241. The summed E-state index contributed by atoms with van der Waals surface area (Å²) in [6.45, 7) is 0.314. The first-order chi connectivity index (χ1) is 15.1. The van der Waals surface area contributed by atoms with Crippen LogP contribution in [0, 0.1) is 35.5 Å². The Hall–Kier alpha value is -2.92. The van der Waals surface area contributed by atoms with Gasteiger partial charge in [0.1, 0.15) is 12.4 Å². The lowest BCUT2D eigenvalue weighted by molar-refractivity contribution is -0.140. The molecule has 6 heteroatoms. The fraction of sp³-hybridized carbons (Fsp3) is 0.320. The summed E-state index contributed by atoms with van der Waals surface area (Å²) in [4.78, 5) is 26.1. The molecule has 1 aliphatic heterocycles. The number of benzene rings is 2. The first kappa shape index (κ1) is 18.8. The third kappa shape index (κ3) is 2.94. The summed E-state index contributed by atoms with van der Waals surface area (Å²) in [6.07, 6.45) is 7.02. The Morgan fingerprint density at radius 3 is 2.32 bits per heavy atom. The number of nitrogens with zero attached hydrogens (tertiary/aromatic N) is 2. The number of hydrazone groups is 1. The minimum absolute atomic E-state index is 0.162. The number of halogens is 1. The first-order valence-electron chi connectivity index (χ1n) is 10.7. The maximum absolute atomic E-state index is 13.1. The molecule has 5 aliphatic rings. The van der Waals surface area contributed by atoms with E-state index in [0.29, 0.717) is 34.8 Å². The molecule has 2 aromatic carbocycles. The molecule has 0 unspecified atom stereocenters. The standard InChI is InChI=1S/C25H21ClN2O3/c26-20-7-3-1-6-15(20)13-31-21-8-4-2-5-14(21)12-27-28-24(29)22-16-9-10-17(19-11-18(16)19)23(22)25(28)30/h1-10,12,16-19,22-23H,11,13H2/b27-12-/t16-,17-,18-,19+,22-,23-/m1/s1. The Balaban J connectivity index is 1.22. The maximum atomic E-state index is 13.1. The van der Waals surface area contributed by atoms with E-state index in [1.165, 1.54) is 0 Å². The molecule has 4 aliphatic carbocycles. The van der Waals surface area contributed by atoms with Gasteiger partial charge < -0.3 is 4.74 Å². The van der Waals surface area contributed by atoms with Gasteiger partial charge in [-0.1, -0.05) is 54.1 Å². The number of ether oxygens (including phenoxy) is 1. The zero-order valence-electron chi connectivity index (χ0n) is 16.7. The van der Waals surface area contributed by atoms with Crippen molar-refractivity contribution in [2.24, 2.45) is 40.6 Å². The Morgan fingerprint density at radius 1 is 0.968 bits per heavy atom. The quantitative estimate of drug-likeness (QED) is 0.402. The highest BCUT2D eigenvalue weighted by Crippen LogP contribution is 2.65. The van der Waals surface area contributed by atoms with Gasteiger partial charge in [-0.25, -0.2) is 0 Å². The predicted molar refractivity (Wildman–Crippen MR) is 116 cm³/mol. The highest BCUT2D eigenvalue weighted by molar-refractivity contribution is 6.31. The molecule has 5 nitrogen and oxygen atoms in total. The molecule has 2 saturated carbocycles. The summed E-state index contributed by atoms with van der Waals surface area (Å²) in [5, 5.41) is 6.06. The minimum Gasteiger partial charge on any atom is -0.488 e. The predicted octanol–water partition coefficient (Wildman–Crippen LogP) is 4.31. The molecule has 2 amide bonds. The van der Waals surface area contributed by atoms with Crippen molar-refractivity contribution in [2.75, 3.05) is 0 Å². The second-order valence-electron chi connectivity index (χ2n) is 8.81. The third-order valence-electron chi connectivity index (χ3n) is 7.21. The van der Waals surface area contributed by atoms with E-state index >= 15 is 0 Å². The van der Waals surface area contributed by atoms with E-state index in [-0.39, 0.29) is 35.5 Å². The number of hydrogen-bond donors (Lipinski definition) is 0. The van der Waals surface area contributed by atoms with Gasteiger partial charge in [-0.2, -0.15) is 10.1 Å². The monoisotopic (exact) mass is 432 g/mol. The van der Waals surface area contributed by atoms with Crippen molar-refractivity contribution in [2.45, 2.75) is 13.0 Å². The van der Waals surface area contributed by atoms with Crippen molar-refractivity contribution in [3.63, 3.8) is 0 Å². The Labute approximate surface area is 185 Å². The van der Waals surface area contributed by atoms with Crippen LogP contribution < -0.4 is 4.74 Å². The van der Waals surface area contributed by atoms with Gasteiger partial charge in [0.15, 0.2) is 0 Å². The summed E-state index contributed by atoms with van der Waals surface area (Å²) in [5.41, 5.74) is 1.58. The molecule has 0 spiro atoms. The lowest BCUT2D eigenvalue weighted by Gasteiger charge is -2.37. The normalized spacial score (nSPS) is 32.5. The summed E-state index contributed by atoms with van der Waals surface area (Å²) in [7, 11) is 0. The highest BCUT2D eigenvalue weighted by atomic mass is 35.5. The summed E-state index contributed by atoms with van der Waals surface area (Å²) in [6, 6.07) is 14.9. The fourth-order valence-electron chi connectivity index (χ4n) is 5.66. The van der Waals surface area contributed by atoms with Crippen molar-refractivity contribution < 1.29 is 14.3 Å². The van der Waals surface area contributed by atoms with Crippen LogP contribution in [0.1, 0.15) is 17.5 Å². The Morgan fingerprint density at radius 2 is 1.61 bits per heavy atom. The molecule has 6 atom stereocenters. The molecule has 0 radical (unpaired) electrons. The van der Waals surface area contributed by atoms with Gasteiger partial charge in [-0.05, 0) is 48.3 Å². The molecular formula is C25H21ClN2O3. The van der Waals surface area contributed by atoms with Crippen molar-refractivity contribution in [1.29, 1.82) is 0 Å². The van der Waals surface area contributed by atoms with Crippen LogP contribution in [0.15, 0.2) is 65.8 Å². The van der Waals surface area contributed by atoms with Gasteiger partial charge in [0.05, 0.1) is 18.1 Å². The first-order valence-corrected chi connectivity index (χ1v) is 11.1. The lowest BCUT2D eigenvalue weighted by atomic mass is 9.63. The maximum Gasteiger partial charge on any atom is 0.254 e. The third-order valence-corrected chi connectivity index (χ3v) is 7.58. The van der Waals surface area contributed by atoms with Crippen LogP contribution in [0.5, 0.6) is 5.75 Å². The van der Waals surface area contributed by atoms with Crippen molar-refractivity contribution in [3.8, 4) is 5.75 Å². The molecule has 7 rings (SSSR count). The van der Waals surface area contributed by atoms with Crippen LogP contribution in [0.3, 0.4) is 0 Å². The average Bonchev–Trinajstić information content (AvgIpc) is 3.57. The van der Waals surface area contributed by atoms with Gasteiger partial charge in [0.25, 0.3) is 11.8 Å². The second-order valence-corrected chi connectivity index (χ2v) is 9.21. The number of rotatable bonds is 5. The van der Waals surface area contributed by atoms with Crippen LogP contribution >= 0.6 is 11.6 Å². The molecule has 0 aromatic heterocycles. The van der Waals surface area contributed by atoms with Gasteiger partial charge in [0.2, 0.25) is 0 Å². The molecule has 2 bridgehead atoms. The van der Waals surface area contributed by atoms with Crippen molar-refractivity contribution in [3.05, 3.63) is 76.8 Å². The summed E-state index contributed by atoms with van der Waals surface area (Å²) >= 11 is 6.22. The number of carbonyl (C=O) groups excluding carboxylic acids is 2. The number of hydrogen-bond acceptors (Lipinski definition) is 4. The van der Waals surface area contributed by atoms with Gasteiger partial charge in [0, 0.05) is 16.1 Å². The van der Waals surface area contributed by atoms with E-state index in [9.17, 15) is 9.59 Å². The van der Waals surface area contributed by atoms with Crippen LogP contribution in [-0.2, 0) is 16.2 Å². The Kier molecular flexibility index (Phi) is 4.29. The smallest absolute Gasteiger partial charge is 0.254 e. The molecule has 156 valence electrons. The fourth-order valence-corrected chi connectivity index (χ4v) is 5.85. The average molecular weight is 433 g/mol. The molecule has 1 heterocycles. The zero-order valence-corrected chi connectivity index (χ0v) is 17.5. The molecular weight excluding hydrogens is 412 g/mol. The number of amides is 2. The Bertz CT molecular complexity index is 1110. The summed E-state index contributed by atoms with van der Waals surface area (Å²) < 4.78 is 5.96. The van der Waals surface area contributed by atoms with Gasteiger partial charge in [-0.15, -0.1) is 0 Å². The molecule has 1 saturated heterocycles. The number of allylic oxidation sites excluding steroid dienone is 2. The molecule has 31 heavy (non-hydrogen) atoms. The largest absolute Gasteiger partial charge is 0.488 e. The SMILES string of the molecule is O=C1[C@@H]2[C@@H]3C=C[C@H]([C@@H]4C[C@H]34)[C@H]2C(=O)N1/N=C\c1ccccc1OCc1ccccc1Cl. The van der Waals surface area contributed by atoms with E-state index in [1.54, 1.807) is 6.21 Å². The van der Waals surface area contributed by atoms with E-state index in [2.05, 4.69) is 17.3 Å². The van der Waals surface area contributed by atoms with Crippen LogP contribution in [0.25, 0.3) is 0 Å². The number of imide groups is 1. The number of para-hydroxylation sites is 1. The summed E-state index contributed by atoms with van der Waals surface area (Å²) in [5.74, 6) is 1.37. The number of carbonyl (C=O) groups is 2. The van der Waals surface area contributed by atoms with Crippen LogP contribution in [0.2, 0.25) is 5.02 Å². The zero-order chi connectivity index (χ0) is 21.1. The van der Waals surface area contributed by atoms with Crippen LogP contribution in [-0.4, -0.2) is 23.0 Å².